The molecule has 0 spiro atoms. The van der Waals surface area contributed by atoms with E-state index in [1.54, 1.807) is 22.0 Å². The molecule has 7 nitrogen and oxygen atoms in total. The molecule has 1 aromatic carbocycles. The highest BCUT2D eigenvalue weighted by molar-refractivity contribution is 6.00. The van der Waals surface area contributed by atoms with Crippen molar-refractivity contribution in [2.75, 3.05) is 18.0 Å². The zero-order valence-corrected chi connectivity index (χ0v) is 16.6. The third kappa shape index (κ3) is 4.08. The second-order valence-electron chi connectivity index (χ2n) is 7.43. The summed E-state index contributed by atoms with van der Waals surface area (Å²) in [5.74, 6) is 0.322. The van der Waals surface area contributed by atoms with E-state index in [-0.39, 0.29) is 24.2 Å². The molecule has 0 unspecified atom stereocenters. The van der Waals surface area contributed by atoms with E-state index in [9.17, 15) is 9.59 Å². The van der Waals surface area contributed by atoms with E-state index >= 15 is 0 Å². The highest BCUT2D eigenvalue weighted by Crippen LogP contribution is 2.27. The molecule has 3 heterocycles. The lowest BCUT2D eigenvalue weighted by molar-refractivity contribution is -0.126. The van der Waals surface area contributed by atoms with E-state index < -0.39 is 0 Å². The number of furan rings is 1. The fourth-order valence-electron chi connectivity index (χ4n) is 3.52. The molecule has 1 aliphatic rings. The van der Waals surface area contributed by atoms with E-state index in [1.165, 1.54) is 5.56 Å². The summed E-state index contributed by atoms with van der Waals surface area (Å²) in [5, 5.41) is 7.22. The molecule has 7 heteroatoms. The van der Waals surface area contributed by atoms with Gasteiger partial charge in [0.25, 0.3) is 0 Å². The second-order valence-corrected chi connectivity index (χ2v) is 7.43. The molecule has 1 N–H and O–H groups in total. The summed E-state index contributed by atoms with van der Waals surface area (Å²) in [6.45, 7) is 5.48. The van der Waals surface area contributed by atoms with Gasteiger partial charge in [-0.15, -0.1) is 0 Å². The number of amides is 2. The van der Waals surface area contributed by atoms with Crippen LogP contribution in [0.15, 0.2) is 53.4 Å². The first-order valence-corrected chi connectivity index (χ1v) is 9.73. The van der Waals surface area contributed by atoms with Gasteiger partial charge in [-0.2, -0.15) is 5.10 Å². The fraction of sp³-hybridized carbons (Fsp3) is 0.318. The minimum absolute atomic E-state index is 0.0106. The maximum absolute atomic E-state index is 12.5. The van der Waals surface area contributed by atoms with Gasteiger partial charge in [0.2, 0.25) is 11.8 Å². The molecule has 1 fully saturated rings. The average molecular weight is 392 g/mol. The summed E-state index contributed by atoms with van der Waals surface area (Å²) in [5.41, 5.74) is 4.07. The van der Waals surface area contributed by atoms with E-state index in [1.807, 2.05) is 50.4 Å². The van der Waals surface area contributed by atoms with Crippen molar-refractivity contribution < 1.29 is 14.0 Å². The number of carbonyl (C=O) groups is 2. The summed E-state index contributed by atoms with van der Waals surface area (Å²) < 4.78 is 7.12. The first-order valence-electron chi connectivity index (χ1n) is 9.73. The molecule has 29 heavy (non-hydrogen) atoms. The first kappa shape index (κ1) is 19.0. The van der Waals surface area contributed by atoms with Crippen molar-refractivity contribution in [2.45, 2.75) is 26.8 Å². The number of anilines is 1. The van der Waals surface area contributed by atoms with Crippen LogP contribution in [0, 0.1) is 19.8 Å². The number of benzene rings is 1. The van der Waals surface area contributed by atoms with Gasteiger partial charge in [0.1, 0.15) is 5.76 Å². The van der Waals surface area contributed by atoms with Gasteiger partial charge in [-0.25, -0.2) is 0 Å². The van der Waals surface area contributed by atoms with Crippen LogP contribution in [0.25, 0.3) is 11.3 Å². The minimum atomic E-state index is -0.333. The molecule has 1 aliphatic heterocycles. The van der Waals surface area contributed by atoms with Gasteiger partial charge >= 0.3 is 0 Å². The Hall–Kier alpha value is -3.35. The Bertz CT molecular complexity index is 1020. The molecule has 1 saturated heterocycles. The van der Waals surface area contributed by atoms with Crippen LogP contribution in [0.4, 0.5) is 5.69 Å². The van der Waals surface area contributed by atoms with Gasteiger partial charge in [0.05, 0.1) is 30.5 Å². The predicted octanol–water partition coefficient (Wildman–Crippen LogP) is 2.93. The maximum Gasteiger partial charge on any atom is 0.227 e. The Kier molecular flexibility index (Phi) is 5.20. The SMILES string of the molecule is Cc1ccc(N2C[C@@H](C(=O)NCCn3cc(-c4ccco4)cn3)CC2=O)cc1C. The van der Waals surface area contributed by atoms with Crippen LogP contribution >= 0.6 is 0 Å². The number of nitrogens with one attached hydrogen (secondary N) is 1. The van der Waals surface area contributed by atoms with Crippen LogP contribution < -0.4 is 10.2 Å². The largest absolute Gasteiger partial charge is 0.464 e. The van der Waals surface area contributed by atoms with Crippen LogP contribution in [-0.2, 0) is 16.1 Å². The molecule has 0 aliphatic carbocycles. The minimum Gasteiger partial charge on any atom is -0.464 e. The number of nitrogens with zero attached hydrogens (tertiary/aromatic N) is 3. The molecule has 150 valence electrons. The van der Waals surface area contributed by atoms with Crippen LogP contribution in [-0.4, -0.2) is 34.7 Å². The third-order valence-corrected chi connectivity index (χ3v) is 5.38. The molecule has 0 bridgehead atoms. The van der Waals surface area contributed by atoms with Gasteiger partial charge in [-0.3, -0.25) is 14.3 Å². The Labute approximate surface area is 169 Å². The quantitative estimate of drug-likeness (QED) is 0.699. The number of aryl methyl sites for hydroxylation is 2. The Morgan fingerprint density at radius 2 is 2.14 bits per heavy atom. The van der Waals surface area contributed by atoms with E-state index in [0.29, 0.717) is 19.6 Å². The molecule has 1 atom stereocenters. The van der Waals surface area contributed by atoms with Gasteiger partial charge in [-0.05, 0) is 49.2 Å². The summed E-state index contributed by atoms with van der Waals surface area (Å²) in [7, 11) is 0. The molecule has 0 saturated carbocycles. The molecule has 2 aromatic heterocycles. The first-order chi connectivity index (χ1) is 14.0. The van der Waals surface area contributed by atoms with Gasteiger partial charge in [0.15, 0.2) is 0 Å². The van der Waals surface area contributed by atoms with Gasteiger partial charge in [0, 0.05) is 31.4 Å². The monoisotopic (exact) mass is 392 g/mol. The topological polar surface area (TPSA) is 80.4 Å². The molecule has 0 radical (unpaired) electrons. The lowest BCUT2D eigenvalue weighted by Gasteiger charge is -2.18. The molecular formula is C22H24N4O3. The van der Waals surface area contributed by atoms with Crippen LogP contribution in [0.5, 0.6) is 0 Å². The van der Waals surface area contributed by atoms with Crippen molar-refractivity contribution >= 4 is 17.5 Å². The molecule has 2 amide bonds. The lowest BCUT2D eigenvalue weighted by Crippen LogP contribution is -2.34. The zero-order chi connectivity index (χ0) is 20.4. The number of hydrogen-bond donors (Lipinski definition) is 1. The third-order valence-electron chi connectivity index (χ3n) is 5.38. The van der Waals surface area contributed by atoms with Crippen molar-refractivity contribution in [3.8, 4) is 11.3 Å². The summed E-state index contributed by atoms with van der Waals surface area (Å²) in [6, 6.07) is 9.65. The van der Waals surface area contributed by atoms with Crippen molar-refractivity contribution in [3.05, 3.63) is 60.1 Å². The highest BCUT2D eigenvalue weighted by Gasteiger charge is 2.35. The van der Waals surface area contributed by atoms with Crippen molar-refractivity contribution in [1.29, 1.82) is 0 Å². The van der Waals surface area contributed by atoms with E-state index in [2.05, 4.69) is 10.4 Å². The van der Waals surface area contributed by atoms with E-state index in [0.717, 1.165) is 22.6 Å². The normalized spacial score (nSPS) is 16.4. The van der Waals surface area contributed by atoms with Crippen LogP contribution in [0.2, 0.25) is 0 Å². The van der Waals surface area contributed by atoms with Crippen molar-refractivity contribution in [1.82, 2.24) is 15.1 Å². The average Bonchev–Trinajstić information content (AvgIpc) is 3.44. The molecule has 4 rings (SSSR count). The standard InChI is InChI=1S/C22H24N4O3/c1-15-5-6-19(10-16(15)2)26-14-17(11-21(26)27)22(28)23-7-8-25-13-18(12-24-25)20-4-3-9-29-20/h3-6,9-10,12-13,17H,7-8,11,14H2,1-2H3,(H,23,28)/t17-/m0/s1. The Morgan fingerprint density at radius 1 is 1.28 bits per heavy atom. The molecular weight excluding hydrogens is 368 g/mol. The summed E-state index contributed by atoms with van der Waals surface area (Å²) in [4.78, 5) is 26.7. The highest BCUT2D eigenvalue weighted by atomic mass is 16.3. The van der Waals surface area contributed by atoms with Crippen molar-refractivity contribution in [2.24, 2.45) is 5.92 Å². The Morgan fingerprint density at radius 3 is 2.90 bits per heavy atom. The lowest BCUT2D eigenvalue weighted by atomic mass is 10.1. The van der Waals surface area contributed by atoms with Crippen molar-refractivity contribution in [3.63, 3.8) is 0 Å². The Balaban J connectivity index is 1.30. The summed E-state index contributed by atoms with van der Waals surface area (Å²) >= 11 is 0. The number of aromatic nitrogens is 2. The maximum atomic E-state index is 12.5. The van der Waals surface area contributed by atoms with Crippen LogP contribution in [0.3, 0.4) is 0 Å². The van der Waals surface area contributed by atoms with Gasteiger partial charge in [-0.1, -0.05) is 6.07 Å². The zero-order valence-electron chi connectivity index (χ0n) is 16.6. The fourth-order valence-corrected chi connectivity index (χ4v) is 3.52. The smallest absolute Gasteiger partial charge is 0.227 e. The predicted molar refractivity (Wildman–Crippen MR) is 109 cm³/mol. The van der Waals surface area contributed by atoms with E-state index in [4.69, 9.17) is 4.42 Å². The summed E-state index contributed by atoms with van der Waals surface area (Å²) in [6.07, 6.45) is 5.48. The number of hydrogen-bond acceptors (Lipinski definition) is 4. The number of carbonyl (C=O) groups excluding carboxylic acids is 2. The molecule has 3 aromatic rings. The number of rotatable bonds is 6. The van der Waals surface area contributed by atoms with Gasteiger partial charge < -0.3 is 14.6 Å². The second kappa shape index (κ2) is 7.95. The van der Waals surface area contributed by atoms with Crippen LogP contribution in [0.1, 0.15) is 17.5 Å².